The monoisotopic (exact) mass is 210 g/mol. The van der Waals surface area contributed by atoms with E-state index in [0.717, 1.165) is 19.6 Å². The van der Waals surface area contributed by atoms with Crippen molar-refractivity contribution in [2.75, 3.05) is 19.6 Å². The molecule has 2 nitrogen and oxygen atoms in total. The molecular weight excluding hydrogens is 184 g/mol. The summed E-state index contributed by atoms with van der Waals surface area (Å²) in [5.41, 5.74) is 4.84. The molecule has 0 aliphatic rings. The molecule has 0 aromatic rings. The lowest BCUT2D eigenvalue weighted by Gasteiger charge is -2.21. The molecule has 1 atom stereocenters. The molecule has 15 heavy (non-hydrogen) atoms. The standard InChI is InChI=1S/C13H26N2/c1-6-9-12(4)13(5)10-11-14-15(7-2)8-3/h6,9,13-14H,1,7-8,10-11H2,2-5H3. The number of hydrazine groups is 1. The molecule has 0 saturated carbocycles. The first-order valence-corrected chi connectivity index (χ1v) is 5.93. The van der Waals surface area contributed by atoms with Crippen LogP contribution in [0.25, 0.3) is 0 Å². The van der Waals surface area contributed by atoms with Crippen LogP contribution in [0.5, 0.6) is 0 Å². The van der Waals surface area contributed by atoms with Crippen molar-refractivity contribution < 1.29 is 0 Å². The fourth-order valence-corrected chi connectivity index (χ4v) is 1.46. The van der Waals surface area contributed by atoms with E-state index in [0.29, 0.717) is 5.92 Å². The molecule has 1 unspecified atom stereocenters. The number of nitrogens with one attached hydrogen (secondary N) is 1. The minimum atomic E-state index is 0.631. The zero-order valence-electron chi connectivity index (χ0n) is 10.7. The summed E-state index contributed by atoms with van der Waals surface area (Å²) in [6.07, 6.45) is 5.14. The van der Waals surface area contributed by atoms with Gasteiger partial charge >= 0.3 is 0 Å². The minimum Gasteiger partial charge on any atom is -0.255 e. The Hall–Kier alpha value is -0.600. The summed E-state index contributed by atoms with van der Waals surface area (Å²) in [6, 6.07) is 0. The first-order valence-electron chi connectivity index (χ1n) is 5.93. The van der Waals surface area contributed by atoms with Gasteiger partial charge in [0.05, 0.1) is 0 Å². The summed E-state index contributed by atoms with van der Waals surface area (Å²) < 4.78 is 0. The SMILES string of the molecule is C=CC=C(C)C(C)CCNN(CC)CC. The van der Waals surface area contributed by atoms with Crippen LogP contribution in [0.3, 0.4) is 0 Å². The third kappa shape index (κ3) is 6.47. The minimum absolute atomic E-state index is 0.631. The lowest BCUT2D eigenvalue weighted by atomic mass is 9.99. The van der Waals surface area contributed by atoms with Crippen molar-refractivity contribution in [3.8, 4) is 0 Å². The van der Waals surface area contributed by atoms with Crippen molar-refractivity contribution in [2.24, 2.45) is 5.92 Å². The van der Waals surface area contributed by atoms with Gasteiger partial charge in [-0.1, -0.05) is 45.1 Å². The molecule has 0 fully saturated rings. The highest BCUT2D eigenvalue weighted by molar-refractivity contribution is 5.10. The fraction of sp³-hybridized carbons (Fsp3) is 0.692. The van der Waals surface area contributed by atoms with E-state index in [1.807, 2.05) is 6.08 Å². The van der Waals surface area contributed by atoms with Crippen molar-refractivity contribution in [2.45, 2.75) is 34.1 Å². The zero-order valence-corrected chi connectivity index (χ0v) is 10.7. The second-order valence-electron chi connectivity index (χ2n) is 3.92. The van der Waals surface area contributed by atoms with Gasteiger partial charge in [-0.15, -0.1) is 0 Å². The number of allylic oxidation sites excluding steroid dienone is 3. The molecule has 0 aromatic heterocycles. The van der Waals surface area contributed by atoms with Gasteiger partial charge in [0.1, 0.15) is 0 Å². The Labute approximate surface area is 95.0 Å². The number of nitrogens with zero attached hydrogens (tertiary/aromatic N) is 1. The van der Waals surface area contributed by atoms with Gasteiger partial charge in [0, 0.05) is 19.6 Å². The predicted molar refractivity (Wildman–Crippen MR) is 68.7 cm³/mol. The Bertz CT molecular complexity index is 193. The van der Waals surface area contributed by atoms with Crippen LogP contribution in [-0.2, 0) is 0 Å². The highest BCUT2D eigenvalue weighted by Gasteiger charge is 2.04. The van der Waals surface area contributed by atoms with Crippen molar-refractivity contribution in [3.05, 3.63) is 24.3 Å². The smallest absolute Gasteiger partial charge is 0.0108 e. The molecule has 1 N–H and O–H groups in total. The third-order valence-electron chi connectivity index (χ3n) is 2.83. The van der Waals surface area contributed by atoms with Crippen LogP contribution in [0.1, 0.15) is 34.1 Å². The highest BCUT2D eigenvalue weighted by Crippen LogP contribution is 2.12. The van der Waals surface area contributed by atoms with E-state index in [1.54, 1.807) is 0 Å². The molecule has 0 aliphatic carbocycles. The van der Waals surface area contributed by atoms with E-state index in [-0.39, 0.29) is 0 Å². The molecule has 0 aromatic carbocycles. The molecule has 0 amide bonds. The van der Waals surface area contributed by atoms with Crippen molar-refractivity contribution in [1.82, 2.24) is 10.4 Å². The van der Waals surface area contributed by atoms with Crippen molar-refractivity contribution in [1.29, 1.82) is 0 Å². The molecule has 2 heteroatoms. The average Bonchev–Trinajstić information content (AvgIpc) is 2.24. The number of hydrogen-bond donors (Lipinski definition) is 1. The van der Waals surface area contributed by atoms with Gasteiger partial charge in [0.2, 0.25) is 0 Å². The summed E-state index contributed by atoms with van der Waals surface area (Å²) in [5.74, 6) is 0.631. The molecule has 0 aliphatic heterocycles. The van der Waals surface area contributed by atoms with Crippen LogP contribution in [0, 0.1) is 5.92 Å². The first kappa shape index (κ1) is 14.4. The maximum absolute atomic E-state index is 3.72. The molecule has 0 rings (SSSR count). The second kappa shape index (κ2) is 8.69. The van der Waals surface area contributed by atoms with Crippen molar-refractivity contribution in [3.63, 3.8) is 0 Å². The van der Waals surface area contributed by atoms with Gasteiger partial charge in [-0.2, -0.15) is 0 Å². The molecule has 88 valence electrons. The second-order valence-corrected chi connectivity index (χ2v) is 3.92. The van der Waals surface area contributed by atoms with E-state index in [2.05, 4.69) is 50.8 Å². The Balaban J connectivity index is 3.75. The Morgan fingerprint density at radius 1 is 1.40 bits per heavy atom. The average molecular weight is 210 g/mol. The zero-order chi connectivity index (χ0) is 11.7. The van der Waals surface area contributed by atoms with Crippen LogP contribution in [0.4, 0.5) is 0 Å². The van der Waals surface area contributed by atoms with Gasteiger partial charge in [0.25, 0.3) is 0 Å². The van der Waals surface area contributed by atoms with E-state index in [9.17, 15) is 0 Å². The van der Waals surface area contributed by atoms with Crippen LogP contribution in [0.15, 0.2) is 24.3 Å². The van der Waals surface area contributed by atoms with Gasteiger partial charge < -0.3 is 0 Å². The van der Waals surface area contributed by atoms with Gasteiger partial charge in [-0.05, 0) is 19.3 Å². The summed E-state index contributed by atoms with van der Waals surface area (Å²) >= 11 is 0. The largest absolute Gasteiger partial charge is 0.255 e. The Morgan fingerprint density at radius 2 is 2.00 bits per heavy atom. The first-order chi connectivity index (χ1) is 7.15. The van der Waals surface area contributed by atoms with E-state index in [4.69, 9.17) is 0 Å². The highest BCUT2D eigenvalue weighted by atomic mass is 15.5. The molecule has 0 saturated heterocycles. The lowest BCUT2D eigenvalue weighted by molar-refractivity contribution is 0.204. The van der Waals surface area contributed by atoms with E-state index < -0.39 is 0 Å². The Kier molecular flexibility index (Phi) is 8.34. The van der Waals surface area contributed by atoms with Crippen LogP contribution >= 0.6 is 0 Å². The predicted octanol–water partition coefficient (Wildman–Crippen LogP) is 2.99. The summed E-state index contributed by atoms with van der Waals surface area (Å²) in [6.45, 7) is 15.7. The molecule has 0 heterocycles. The third-order valence-corrected chi connectivity index (χ3v) is 2.83. The van der Waals surface area contributed by atoms with Gasteiger partial charge in [-0.3, -0.25) is 5.43 Å². The van der Waals surface area contributed by atoms with Crippen LogP contribution in [0.2, 0.25) is 0 Å². The van der Waals surface area contributed by atoms with E-state index >= 15 is 0 Å². The molecule has 0 bridgehead atoms. The quantitative estimate of drug-likeness (QED) is 0.489. The lowest BCUT2D eigenvalue weighted by Crippen LogP contribution is -2.38. The fourth-order valence-electron chi connectivity index (χ4n) is 1.46. The van der Waals surface area contributed by atoms with Gasteiger partial charge in [0.15, 0.2) is 0 Å². The van der Waals surface area contributed by atoms with Crippen LogP contribution in [-0.4, -0.2) is 24.6 Å². The van der Waals surface area contributed by atoms with Crippen LogP contribution < -0.4 is 5.43 Å². The number of hydrogen-bond acceptors (Lipinski definition) is 2. The van der Waals surface area contributed by atoms with Crippen molar-refractivity contribution >= 4 is 0 Å². The maximum Gasteiger partial charge on any atom is 0.0108 e. The molecule has 0 radical (unpaired) electrons. The summed E-state index contributed by atoms with van der Waals surface area (Å²) in [5, 5.41) is 2.24. The molecular formula is C13H26N2. The van der Waals surface area contributed by atoms with Gasteiger partial charge in [-0.25, -0.2) is 5.01 Å². The maximum atomic E-state index is 3.72. The summed E-state index contributed by atoms with van der Waals surface area (Å²) in [4.78, 5) is 0. The topological polar surface area (TPSA) is 15.3 Å². The summed E-state index contributed by atoms with van der Waals surface area (Å²) in [7, 11) is 0. The molecule has 0 spiro atoms. The van der Waals surface area contributed by atoms with E-state index in [1.165, 1.54) is 12.0 Å². The Morgan fingerprint density at radius 3 is 2.47 bits per heavy atom. The normalized spacial score (nSPS) is 14.3. The number of rotatable bonds is 8.